The van der Waals surface area contributed by atoms with E-state index in [1.807, 2.05) is 6.92 Å². The molecule has 1 aromatic rings. The zero-order chi connectivity index (χ0) is 14.6. The fourth-order valence-corrected chi connectivity index (χ4v) is 2.06. The second-order valence-electron chi connectivity index (χ2n) is 4.98. The zero-order valence-electron chi connectivity index (χ0n) is 12.7. The second kappa shape index (κ2) is 10.2. The topological polar surface area (TPSA) is 54.0 Å². The summed E-state index contributed by atoms with van der Waals surface area (Å²) in [6, 6.07) is 3.54. The SMILES string of the molecule is CCCCCCCCNC(=O)c1ccnc(NCC)c1. The van der Waals surface area contributed by atoms with E-state index < -0.39 is 0 Å². The van der Waals surface area contributed by atoms with Crippen molar-refractivity contribution in [1.29, 1.82) is 0 Å². The van der Waals surface area contributed by atoms with Crippen molar-refractivity contribution in [1.82, 2.24) is 10.3 Å². The first kappa shape index (κ1) is 16.5. The molecule has 4 nitrogen and oxygen atoms in total. The Hall–Kier alpha value is -1.58. The predicted molar refractivity (Wildman–Crippen MR) is 84.1 cm³/mol. The molecule has 1 amide bonds. The quantitative estimate of drug-likeness (QED) is 0.642. The molecular formula is C16H27N3O. The van der Waals surface area contributed by atoms with Gasteiger partial charge in [0.2, 0.25) is 0 Å². The lowest BCUT2D eigenvalue weighted by Crippen LogP contribution is -2.24. The molecule has 0 aliphatic carbocycles. The number of hydrogen-bond donors (Lipinski definition) is 2. The molecule has 112 valence electrons. The van der Waals surface area contributed by atoms with E-state index in [9.17, 15) is 4.79 Å². The van der Waals surface area contributed by atoms with Gasteiger partial charge >= 0.3 is 0 Å². The molecule has 0 aromatic carbocycles. The molecule has 0 saturated heterocycles. The van der Waals surface area contributed by atoms with E-state index in [0.29, 0.717) is 5.56 Å². The van der Waals surface area contributed by atoms with Gasteiger partial charge < -0.3 is 10.6 Å². The van der Waals surface area contributed by atoms with E-state index in [-0.39, 0.29) is 5.91 Å². The minimum atomic E-state index is -0.0138. The Balaban J connectivity index is 2.23. The van der Waals surface area contributed by atoms with Crippen molar-refractivity contribution >= 4 is 11.7 Å². The second-order valence-corrected chi connectivity index (χ2v) is 4.98. The number of aromatic nitrogens is 1. The van der Waals surface area contributed by atoms with Gasteiger partial charge in [-0.3, -0.25) is 4.79 Å². The maximum absolute atomic E-state index is 12.0. The summed E-state index contributed by atoms with van der Waals surface area (Å²) in [5.41, 5.74) is 0.668. The maximum atomic E-state index is 12.0. The molecule has 1 heterocycles. The number of unbranched alkanes of at least 4 members (excludes halogenated alkanes) is 5. The minimum absolute atomic E-state index is 0.0138. The van der Waals surface area contributed by atoms with E-state index >= 15 is 0 Å². The van der Waals surface area contributed by atoms with Crippen molar-refractivity contribution in [2.75, 3.05) is 18.4 Å². The van der Waals surface area contributed by atoms with Crippen LogP contribution in [-0.4, -0.2) is 24.0 Å². The molecule has 0 aliphatic heterocycles. The van der Waals surface area contributed by atoms with Gasteiger partial charge in [0.25, 0.3) is 5.91 Å². The Morgan fingerprint density at radius 3 is 2.65 bits per heavy atom. The van der Waals surface area contributed by atoms with Crippen LogP contribution in [0.25, 0.3) is 0 Å². The maximum Gasteiger partial charge on any atom is 0.251 e. The van der Waals surface area contributed by atoms with Crippen LogP contribution in [0.1, 0.15) is 62.7 Å². The lowest BCUT2D eigenvalue weighted by Gasteiger charge is -2.07. The van der Waals surface area contributed by atoms with Gasteiger partial charge in [-0.15, -0.1) is 0 Å². The molecule has 0 unspecified atom stereocenters. The van der Waals surface area contributed by atoms with Gasteiger partial charge in [0.1, 0.15) is 5.82 Å². The molecule has 0 spiro atoms. The van der Waals surface area contributed by atoms with E-state index in [1.54, 1.807) is 18.3 Å². The first-order valence-electron chi connectivity index (χ1n) is 7.76. The average molecular weight is 277 g/mol. The van der Waals surface area contributed by atoms with Crippen LogP contribution in [0.5, 0.6) is 0 Å². The Morgan fingerprint density at radius 2 is 1.90 bits per heavy atom. The molecule has 4 heteroatoms. The van der Waals surface area contributed by atoms with Crippen molar-refractivity contribution in [3.63, 3.8) is 0 Å². The Morgan fingerprint density at radius 1 is 1.15 bits per heavy atom. The van der Waals surface area contributed by atoms with Gasteiger partial charge in [-0.1, -0.05) is 39.0 Å². The summed E-state index contributed by atoms with van der Waals surface area (Å²) < 4.78 is 0. The number of nitrogens with one attached hydrogen (secondary N) is 2. The van der Waals surface area contributed by atoms with Crippen LogP contribution in [0.15, 0.2) is 18.3 Å². The van der Waals surface area contributed by atoms with Crippen molar-refractivity contribution < 1.29 is 4.79 Å². The van der Waals surface area contributed by atoms with Crippen LogP contribution in [0.4, 0.5) is 5.82 Å². The van der Waals surface area contributed by atoms with Gasteiger partial charge in [0, 0.05) is 24.8 Å². The summed E-state index contributed by atoms with van der Waals surface area (Å²) in [5.74, 6) is 0.736. The Kier molecular flexibility index (Phi) is 8.43. The third kappa shape index (κ3) is 6.55. The molecule has 0 atom stereocenters. The number of hydrogen-bond acceptors (Lipinski definition) is 3. The Bertz CT molecular complexity index is 393. The molecule has 20 heavy (non-hydrogen) atoms. The standard InChI is InChI=1S/C16H27N3O/c1-3-5-6-7-8-9-11-19-16(20)14-10-12-18-15(13-14)17-4-2/h10,12-13H,3-9,11H2,1-2H3,(H,17,18)(H,19,20). The van der Waals surface area contributed by atoms with Gasteiger partial charge in [0.15, 0.2) is 0 Å². The van der Waals surface area contributed by atoms with Crippen molar-refractivity contribution in [2.24, 2.45) is 0 Å². The normalized spacial score (nSPS) is 10.3. The molecule has 0 aliphatic rings. The first-order chi connectivity index (χ1) is 9.77. The lowest BCUT2D eigenvalue weighted by molar-refractivity contribution is 0.0953. The molecular weight excluding hydrogens is 250 g/mol. The molecule has 1 rings (SSSR count). The summed E-state index contributed by atoms with van der Waals surface area (Å²) in [5, 5.41) is 6.07. The van der Waals surface area contributed by atoms with E-state index in [0.717, 1.165) is 25.3 Å². The number of carbonyl (C=O) groups is 1. The monoisotopic (exact) mass is 277 g/mol. The fourth-order valence-electron chi connectivity index (χ4n) is 2.06. The van der Waals surface area contributed by atoms with Gasteiger partial charge in [-0.05, 0) is 25.5 Å². The van der Waals surface area contributed by atoms with Gasteiger partial charge in [-0.2, -0.15) is 0 Å². The van der Waals surface area contributed by atoms with Gasteiger partial charge in [-0.25, -0.2) is 4.98 Å². The highest BCUT2D eigenvalue weighted by Crippen LogP contribution is 2.07. The lowest BCUT2D eigenvalue weighted by atomic mass is 10.1. The number of amides is 1. The molecule has 2 N–H and O–H groups in total. The van der Waals surface area contributed by atoms with Crippen LogP contribution in [-0.2, 0) is 0 Å². The highest BCUT2D eigenvalue weighted by molar-refractivity contribution is 5.94. The zero-order valence-corrected chi connectivity index (χ0v) is 12.7. The van der Waals surface area contributed by atoms with E-state index in [2.05, 4.69) is 22.5 Å². The molecule has 0 bridgehead atoms. The summed E-state index contributed by atoms with van der Waals surface area (Å²) in [7, 11) is 0. The minimum Gasteiger partial charge on any atom is -0.370 e. The van der Waals surface area contributed by atoms with Crippen LogP contribution in [0, 0.1) is 0 Å². The molecule has 0 radical (unpaired) electrons. The third-order valence-corrected chi connectivity index (χ3v) is 3.20. The molecule has 0 saturated carbocycles. The first-order valence-corrected chi connectivity index (χ1v) is 7.76. The van der Waals surface area contributed by atoms with Crippen molar-refractivity contribution in [2.45, 2.75) is 52.4 Å². The Labute approximate surface area is 122 Å². The number of rotatable bonds is 10. The molecule has 1 aromatic heterocycles. The highest BCUT2D eigenvalue weighted by Gasteiger charge is 2.05. The number of anilines is 1. The highest BCUT2D eigenvalue weighted by atomic mass is 16.1. The average Bonchev–Trinajstić information content (AvgIpc) is 2.47. The van der Waals surface area contributed by atoms with Gasteiger partial charge in [0.05, 0.1) is 0 Å². The van der Waals surface area contributed by atoms with Crippen LogP contribution >= 0.6 is 0 Å². The van der Waals surface area contributed by atoms with Crippen molar-refractivity contribution in [3.05, 3.63) is 23.9 Å². The van der Waals surface area contributed by atoms with E-state index in [4.69, 9.17) is 0 Å². The smallest absolute Gasteiger partial charge is 0.251 e. The third-order valence-electron chi connectivity index (χ3n) is 3.20. The largest absolute Gasteiger partial charge is 0.370 e. The summed E-state index contributed by atoms with van der Waals surface area (Å²) in [6.07, 6.45) is 9.07. The summed E-state index contributed by atoms with van der Waals surface area (Å²) in [6.45, 7) is 5.78. The predicted octanol–water partition coefficient (Wildman–Crippen LogP) is 3.60. The van der Waals surface area contributed by atoms with E-state index in [1.165, 1.54) is 32.1 Å². The summed E-state index contributed by atoms with van der Waals surface area (Å²) in [4.78, 5) is 16.1. The van der Waals surface area contributed by atoms with Crippen LogP contribution in [0.3, 0.4) is 0 Å². The number of carbonyl (C=O) groups excluding carboxylic acids is 1. The molecule has 0 fully saturated rings. The van der Waals surface area contributed by atoms with Crippen LogP contribution < -0.4 is 10.6 Å². The van der Waals surface area contributed by atoms with Crippen LogP contribution in [0.2, 0.25) is 0 Å². The number of nitrogens with zero attached hydrogens (tertiary/aromatic N) is 1. The van der Waals surface area contributed by atoms with Crippen molar-refractivity contribution in [3.8, 4) is 0 Å². The number of pyridine rings is 1. The summed E-state index contributed by atoms with van der Waals surface area (Å²) >= 11 is 0. The fraction of sp³-hybridized carbons (Fsp3) is 0.625.